The maximum atomic E-state index is 5.45. The Kier molecular flexibility index (Phi) is 9.23. The lowest BCUT2D eigenvalue weighted by atomic mass is 9.69. The third kappa shape index (κ3) is 6.07. The highest BCUT2D eigenvalue weighted by Crippen LogP contribution is 2.49. The fourth-order valence-corrected chi connectivity index (χ4v) is 7.48. The maximum absolute atomic E-state index is 5.45. The molecule has 168 valence electrons. The first-order valence-electron chi connectivity index (χ1n) is 12.2. The standard InChI is InChI=1S/C27H42S3/c1-2-25(21-28)16-10-17-26(22-29)15-6-4-3-5-7-18-27(30,20-25)24-13-8-11-23(19-26)12-9-14-24/h8-9,11-14,28-30H,2-7,10,15-22H2,1H3/b11-8-,12-9?,13-8?,14-9-,23-11?,23-12-,24-13-,24-14?. The molecule has 4 rings (SSSR count). The number of fused-ring (bicyclic) bond motifs is 2. The summed E-state index contributed by atoms with van der Waals surface area (Å²) >= 11 is 15.3. The fraction of sp³-hybridized carbons (Fsp3) is 0.704. The third-order valence-corrected chi connectivity index (χ3v) is 10.1. The Bertz CT molecular complexity index is 682. The first-order valence-corrected chi connectivity index (χ1v) is 13.9. The van der Waals surface area contributed by atoms with E-state index >= 15 is 0 Å². The monoisotopic (exact) mass is 462 g/mol. The SMILES string of the molecule is CCC1(CS)CCCC2(CS)CCCCCCCC(S)(C1)C1=C\C=C/C(=C/C=C\1)C2. The van der Waals surface area contributed by atoms with Crippen molar-refractivity contribution in [1.82, 2.24) is 0 Å². The Labute approximate surface area is 202 Å². The summed E-state index contributed by atoms with van der Waals surface area (Å²) in [7, 11) is 0. The number of rotatable bonds is 3. The summed E-state index contributed by atoms with van der Waals surface area (Å²) in [5.74, 6) is 1.94. The maximum Gasteiger partial charge on any atom is 0.0383 e. The molecule has 3 atom stereocenters. The van der Waals surface area contributed by atoms with Crippen LogP contribution < -0.4 is 0 Å². The van der Waals surface area contributed by atoms with Gasteiger partial charge in [0.2, 0.25) is 0 Å². The highest BCUT2D eigenvalue weighted by molar-refractivity contribution is 7.82. The molecule has 0 aromatic heterocycles. The van der Waals surface area contributed by atoms with Crippen LogP contribution in [0.4, 0.5) is 0 Å². The minimum Gasteiger partial charge on any atom is -0.179 e. The van der Waals surface area contributed by atoms with Crippen molar-refractivity contribution >= 4 is 37.9 Å². The molecule has 1 fully saturated rings. The van der Waals surface area contributed by atoms with Gasteiger partial charge in [-0.3, -0.25) is 0 Å². The van der Waals surface area contributed by atoms with Crippen molar-refractivity contribution < 1.29 is 0 Å². The smallest absolute Gasteiger partial charge is 0.0383 e. The second-order valence-electron chi connectivity index (χ2n) is 10.3. The summed E-state index contributed by atoms with van der Waals surface area (Å²) in [6.45, 7) is 2.37. The van der Waals surface area contributed by atoms with Crippen LogP contribution in [0.15, 0.2) is 47.6 Å². The van der Waals surface area contributed by atoms with Crippen molar-refractivity contribution in [2.75, 3.05) is 11.5 Å². The molecule has 4 aliphatic carbocycles. The van der Waals surface area contributed by atoms with Crippen molar-refractivity contribution in [3.63, 3.8) is 0 Å². The van der Waals surface area contributed by atoms with Crippen molar-refractivity contribution in [2.45, 2.75) is 95.1 Å². The molecule has 0 nitrogen and oxygen atoms in total. The summed E-state index contributed by atoms with van der Waals surface area (Å²) in [5, 5.41) is 0. The van der Waals surface area contributed by atoms with Gasteiger partial charge in [-0.25, -0.2) is 0 Å². The van der Waals surface area contributed by atoms with Crippen molar-refractivity contribution in [1.29, 1.82) is 0 Å². The summed E-state index contributed by atoms with van der Waals surface area (Å²) in [6.07, 6.45) is 30.3. The molecule has 1 saturated carbocycles. The van der Waals surface area contributed by atoms with Crippen molar-refractivity contribution in [3.8, 4) is 0 Å². The van der Waals surface area contributed by atoms with Gasteiger partial charge >= 0.3 is 0 Å². The summed E-state index contributed by atoms with van der Waals surface area (Å²) < 4.78 is -0.0796. The lowest BCUT2D eigenvalue weighted by Crippen LogP contribution is -2.36. The highest BCUT2D eigenvalue weighted by Gasteiger charge is 2.40. The minimum absolute atomic E-state index is 0.0796. The molecule has 0 aliphatic heterocycles. The zero-order chi connectivity index (χ0) is 21.5. The topological polar surface area (TPSA) is 0 Å². The van der Waals surface area contributed by atoms with Gasteiger partial charge in [0.25, 0.3) is 0 Å². The van der Waals surface area contributed by atoms with Crippen molar-refractivity contribution in [3.05, 3.63) is 47.6 Å². The van der Waals surface area contributed by atoms with Gasteiger partial charge in [-0.05, 0) is 78.4 Å². The van der Waals surface area contributed by atoms with Crippen LogP contribution in [0.25, 0.3) is 0 Å². The van der Waals surface area contributed by atoms with E-state index in [1.54, 1.807) is 0 Å². The number of thiol groups is 3. The van der Waals surface area contributed by atoms with Gasteiger partial charge < -0.3 is 0 Å². The molecule has 0 saturated heterocycles. The van der Waals surface area contributed by atoms with Crippen LogP contribution >= 0.6 is 37.9 Å². The first-order chi connectivity index (χ1) is 14.5. The second kappa shape index (κ2) is 11.2. The van der Waals surface area contributed by atoms with Crippen LogP contribution in [0, 0.1) is 10.8 Å². The van der Waals surface area contributed by atoms with E-state index in [-0.39, 0.29) is 10.2 Å². The Morgan fingerprint density at radius 1 is 0.800 bits per heavy atom. The first kappa shape index (κ1) is 24.6. The molecular formula is C27H42S3. The van der Waals surface area contributed by atoms with Gasteiger partial charge in [0.15, 0.2) is 0 Å². The quantitative estimate of drug-likeness (QED) is 0.344. The van der Waals surface area contributed by atoms with E-state index in [0.29, 0.717) is 5.41 Å². The van der Waals surface area contributed by atoms with Crippen LogP contribution in [0.2, 0.25) is 0 Å². The average molecular weight is 463 g/mol. The second-order valence-corrected chi connectivity index (χ2v) is 11.7. The van der Waals surface area contributed by atoms with Crippen LogP contribution in [0.1, 0.15) is 90.4 Å². The molecular weight excluding hydrogens is 420 g/mol. The van der Waals surface area contributed by atoms with E-state index in [1.165, 1.54) is 75.4 Å². The van der Waals surface area contributed by atoms with E-state index in [1.807, 2.05) is 0 Å². The molecule has 0 N–H and O–H groups in total. The fourth-order valence-electron chi connectivity index (χ4n) is 5.92. The van der Waals surface area contributed by atoms with Crippen LogP contribution in [-0.4, -0.2) is 16.3 Å². The predicted octanol–water partition coefficient (Wildman–Crippen LogP) is 8.58. The molecule has 3 unspecified atom stereocenters. The zero-order valence-corrected chi connectivity index (χ0v) is 21.6. The average Bonchev–Trinajstić information content (AvgIpc) is 2.73. The van der Waals surface area contributed by atoms with E-state index in [2.05, 4.69) is 43.4 Å². The molecule has 0 amide bonds. The molecule has 0 aromatic carbocycles. The molecule has 4 bridgehead atoms. The van der Waals surface area contributed by atoms with E-state index in [9.17, 15) is 0 Å². The van der Waals surface area contributed by atoms with Gasteiger partial charge in [0.05, 0.1) is 0 Å². The summed E-state index contributed by atoms with van der Waals surface area (Å²) in [5.41, 5.74) is 3.40. The van der Waals surface area contributed by atoms with Crippen LogP contribution in [0.5, 0.6) is 0 Å². The van der Waals surface area contributed by atoms with Gasteiger partial charge in [-0.2, -0.15) is 37.9 Å². The minimum atomic E-state index is -0.0796. The number of allylic oxidation sites excluding steroid dienone is 7. The lowest BCUT2D eigenvalue weighted by molar-refractivity contribution is 0.198. The largest absolute Gasteiger partial charge is 0.179 e. The van der Waals surface area contributed by atoms with Gasteiger partial charge in [-0.15, -0.1) is 0 Å². The zero-order valence-electron chi connectivity index (χ0n) is 18.9. The lowest BCUT2D eigenvalue weighted by Gasteiger charge is -2.42. The Balaban J connectivity index is 2.10. The number of hydrogen-bond acceptors (Lipinski definition) is 3. The summed E-state index contributed by atoms with van der Waals surface area (Å²) in [6, 6.07) is 0. The van der Waals surface area contributed by atoms with Gasteiger partial charge in [0, 0.05) is 4.75 Å². The molecule has 0 aromatic rings. The molecule has 4 aliphatic rings. The van der Waals surface area contributed by atoms with Gasteiger partial charge in [0.1, 0.15) is 0 Å². The molecule has 0 spiro atoms. The molecule has 0 heterocycles. The number of hydrogen-bond donors (Lipinski definition) is 3. The van der Waals surface area contributed by atoms with E-state index in [4.69, 9.17) is 37.9 Å². The normalized spacial score (nSPS) is 41.6. The highest BCUT2D eigenvalue weighted by atomic mass is 32.1. The molecule has 30 heavy (non-hydrogen) atoms. The van der Waals surface area contributed by atoms with E-state index < -0.39 is 0 Å². The predicted molar refractivity (Wildman–Crippen MR) is 144 cm³/mol. The summed E-state index contributed by atoms with van der Waals surface area (Å²) in [4.78, 5) is 0. The van der Waals surface area contributed by atoms with E-state index in [0.717, 1.165) is 30.8 Å². The Morgan fingerprint density at radius 2 is 1.50 bits per heavy atom. The molecule has 3 heteroatoms. The van der Waals surface area contributed by atoms with Crippen LogP contribution in [0.3, 0.4) is 0 Å². The molecule has 0 radical (unpaired) electrons. The Hall–Kier alpha value is 0.01000. The van der Waals surface area contributed by atoms with Crippen molar-refractivity contribution in [2.24, 2.45) is 10.8 Å². The van der Waals surface area contributed by atoms with Gasteiger partial charge in [-0.1, -0.05) is 81.9 Å². The Morgan fingerprint density at radius 3 is 2.23 bits per heavy atom. The third-order valence-electron chi connectivity index (χ3n) is 8.09. The van der Waals surface area contributed by atoms with Crippen LogP contribution in [-0.2, 0) is 0 Å².